The molecule has 1 aliphatic carbocycles. The molecule has 0 aromatic heterocycles. The van der Waals surface area contributed by atoms with Crippen molar-refractivity contribution in [2.24, 2.45) is 5.92 Å². The maximum atomic E-state index is 12.4. The number of rotatable bonds is 6. The molecular formula is C13H24F3NO. The molecule has 1 N–H and O–H groups in total. The van der Waals surface area contributed by atoms with E-state index in [-0.39, 0.29) is 12.6 Å². The van der Waals surface area contributed by atoms with Crippen molar-refractivity contribution < 1.29 is 17.9 Å². The molecule has 0 radical (unpaired) electrons. The third kappa shape index (κ3) is 5.14. The lowest BCUT2D eigenvalue weighted by Crippen LogP contribution is -2.43. The Hall–Kier alpha value is -0.290. The van der Waals surface area contributed by atoms with Crippen LogP contribution >= 0.6 is 0 Å². The first-order valence-electron chi connectivity index (χ1n) is 6.86. The number of hydrogen-bond acceptors (Lipinski definition) is 2. The molecule has 18 heavy (non-hydrogen) atoms. The molecule has 2 unspecified atom stereocenters. The molecule has 108 valence electrons. The van der Waals surface area contributed by atoms with Crippen LogP contribution in [0.15, 0.2) is 0 Å². The van der Waals surface area contributed by atoms with Crippen LogP contribution in [0.25, 0.3) is 0 Å². The number of halogens is 3. The lowest BCUT2D eigenvalue weighted by atomic mass is 9.84. The summed E-state index contributed by atoms with van der Waals surface area (Å²) in [4.78, 5) is 0. The van der Waals surface area contributed by atoms with Crippen molar-refractivity contribution in [2.75, 3.05) is 13.2 Å². The molecule has 1 aliphatic rings. The molecule has 1 fully saturated rings. The van der Waals surface area contributed by atoms with Crippen molar-refractivity contribution in [1.82, 2.24) is 5.32 Å². The number of alkyl halides is 3. The molecule has 0 aliphatic heterocycles. The van der Waals surface area contributed by atoms with E-state index < -0.39 is 12.3 Å². The molecule has 0 bridgehead atoms. The SMILES string of the molecule is CCNC(COC(C)C(F)(F)F)C1CCCCC1. The van der Waals surface area contributed by atoms with Crippen LogP contribution in [0, 0.1) is 5.92 Å². The van der Waals surface area contributed by atoms with E-state index in [4.69, 9.17) is 4.74 Å². The molecule has 1 saturated carbocycles. The van der Waals surface area contributed by atoms with E-state index in [1.165, 1.54) is 19.3 Å². The van der Waals surface area contributed by atoms with Crippen LogP contribution in [0.4, 0.5) is 13.2 Å². The lowest BCUT2D eigenvalue weighted by molar-refractivity contribution is -0.216. The normalized spacial score (nSPS) is 21.8. The molecule has 0 amide bonds. The number of hydrogen-bond donors (Lipinski definition) is 1. The van der Waals surface area contributed by atoms with Crippen molar-refractivity contribution >= 4 is 0 Å². The molecule has 0 aromatic rings. The van der Waals surface area contributed by atoms with E-state index >= 15 is 0 Å². The summed E-state index contributed by atoms with van der Waals surface area (Å²) < 4.78 is 42.1. The average Bonchev–Trinajstić information content (AvgIpc) is 2.34. The van der Waals surface area contributed by atoms with Gasteiger partial charge in [0.2, 0.25) is 0 Å². The van der Waals surface area contributed by atoms with Gasteiger partial charge in [-0.3, -0.25) is 0 Å². The highest BCUT2D eigenvalue weighted by molar-refractivity contribution is 4.79. The highest BCUT2D eigenvalue weighted by atomic mass is 19.4. The Balaban J connectivity index is 2.42. The Kier molecular flexibility index (Phi) is 6.43. The van der Waals surface area contributed by atoms with Gasteiger partial charge in [0.05, 0.1) is 6.61 Å². The van der Waals surface area contributed by atoms with E-state index in [0.29, 0.717) is 5.92 Å². The number of ether oxygens (including phenoxy) is 1. The maximum absolute atomic E-state index is 12.4. The van der Waals surface area contributed by atoms with Gasteiger partial charge in [0.25, 0.3) is 0 Å². The zero-order chi connectivity index (χ0) is 13.6. The van der Waals surface area contributed by atoms with Crippen LogP contribution < -0.4 is 5.32 Å². The first kappa shape index (κ1) is 15.8. The third-order valence-electron chi connectivity index (χ3n) is 3.67. The summed E-state index contributed by atoms with van der Waals surface area (Å²) in [6, 6.07) is 0.0556. The molecule has 0 saturated heterocycles. The fourth-order valence-electron chi connectivity index (χ4n) is 2.50. The van der Waals surface area contributed by atoms with Crippen molar-refractivity contribution in [1.29, 1.82) is 0 Å². The van der Waals surface area contributed by atoms with E-state index in [1.54, 1.807) is 0 Å². The maximum Gasteiger partial charge on any atom is 0.414 e. The van der Waals surface area contributed by atoms with Gasteiger partial charge in [0, 0.05) is 6.04 Å². The predicted octanol–water partition coefficient (Wildman–Crippen LogP) is 3.51. The second-order valence-corrected chi connectivity index (χ2v) is 5.08. The highest BCUT2D eigenvalue weighted by Gasteiger charge is 2.37. The Morgan fingerprint density at radius 1 is 1.22 bits per heavy atom. The van der Waals surface area contributed by atoms with E-state index in [1.807, 2.05) is 6.92 Å². The zero-order valence-corrected chi connectivity index (χ0v) is 11.2. The minimum Gasteiger partial charge on any atom is -0.367 e. The van der Waals surface area contributed by atoms with Crippen LogP contribution in [0.5, 0.6) is 0 Å². The van der Waals surface area contributed by atoms with Crippen LogP contribution in [0.3, 0.4) is 0 Å². The minimum absolute atomic E-state index is 0.0556. The Morgan fingerprint density at radius 3 is 2.33 bits per heavy atom. The molecule has 5 heteroatoms. The predicted molar refractivity (Wildman–Crippen MR) is 65.5 cm³/mol. The third-order valence-corrected chi connectivity index (χ3v) is 3.67. The van der Waals surface area contributed by atoms with Crippen LogP contribution in [-0.2, 0) is 4.74 Å². The molecular weight excluding hydrogens is 243 g/mol. The van der Waals surface area contributed by atoms with Gasteiger partial charge in [-0.1, -0.05) is 26.2 Å². The van der Waals surface area contributed by atoms with Gasteiger partial charge in [-0.05, 0) is 32.2 Å². The first-order valence-corrected chi connectivity index (χ1v) is 6.86. The Morgan fingerprint density at radius 2 is 1.83 bits per heavy atom. The van der Waals surface area contributed by atoms with Gasteiger partial charge >= 0.3 is 6.18 Å². The molecule has 0 heterocycles. The second kappa shape index (κ2) is 7.34. The summed E-state index contributed by atoms with van der Waals surface area (Å²) in [5.41, 5.74) is 0. The van der Waals surface area contributed by atoms with Crippen molar-refractivity contribution in [2.45, 2.75) is 64.3 Å². The van der Waals surface area contributed by atoms with E-state index in [9.17, 15) is 13.2 Å². The fourth-order valence-corrected chi connectivity index (χ4v) is 2.50. The van der Waals surface area contributed by atoms with Crippen LogP contribution in [-0.4, -0.2) is 31.5 Å². The Bertz CT molecular complexity index is 227. The smallest absolute Gasteiger partial charge is 0.367 e. The minimum atomic E-state index is -4.26. The second-order valence-electron chi connectivity index (χ2n) is 5.08. The average molecular weight is 267 g/mol. The highest BCUT2D eigenvalue weighted by Crippen LogP contribution is 2.28. The monoisotopic (exact) mass is 267 g/mol. The van der Waals surface area contributed by atoms with Gasteiger partial charge in [-0.15, -0.1) is 0 Å². The quantitative estimate of drug-likeness (QED) is 0.795. The van der Waals surface area contributed by atoms with Gasteiger partial charge in [0.1, 0.15) is 0 Å². The summed E-state index contributed by atoms with van der Waals surface area (Å²) >= 11 is 0. The molecule has 0 spiro atoms. The fraction of sp³-hybridized carbons (Fsp3) is 1.00. The van der Waals surface area contributed by atoms with Gasteiger partial charge in [0.15, 0.2) is 6.10 Å². The van der Waals surface area contributed by atoms with Gasteiger partial charge in [-0.2, -0.15) is 13.2 Å². The first-order chi connectivity index (χ1) is 8.45. The Labute approximate surface area is 107 Å². The lowest BCUT2D eigenvalue weighted by Gasteiger charge is -2.31. The molecule has 2 atom stereocenters. The summed E-state index contributed by atoms with van der Waals surface area (Å²) in [6.07, 6.45) is -0.133. The largest absolute Gasteiger partial charge is 0.414 e. The van der Waals surface area contributed by atoms with Crippen LogP contribution in [0.1, 0.15) is 46.0 Å². The topological polar surface area (TPSA) is 21.3 Å². The number of likely N-dealkylation sites (N-methyl/N-ethyl adjacent to an activating group) is 1. The summed E-state index contributed by atoms with van der Waals surface area (Å²) in [5.74, 6) is 0.458. The van der Waals surface area contributed by atoms with Crippen LogP contribution in [0.2, 0.25) is 0 Å². The van der Waals surface area contributed by atoms with Gasteiger partial charge < -0.3 is 10.1 Å². The zero-order valence-electron chi connectivity index (χ0n) is 11.2. The van der Waals surface area contributed by atoms with E-state index in [2.05, 4.69) is 5.32 Å². The summed E-state index contributed by atoms with van der Waals surface area (Å²) in [5, 5.41) is 3.27. The number of nitrogens with one attached hydrogen (secondary N) is 1. The molecule has 1 rings (SSSR count). The van der Waals surface area contributed by atoms with Gasteiger partial charge in [-0.25, -0.2) is 0 Å². The summed E-state index contributed by atoms with van der Waals surface area (Å²) in [7, 11) is 0. The van der Waals surface area contributed by atoms with E-state index in [0.717, 1.165) is 26.3 Å². The molecule has 2 nitrogen and oxygen atoms in total. The molecule has 0 aromatic carbocycles. The van der Waals surface area contributed by atoms with Crippen molar-refractivity contribution in [3.8, 4) is 0 Å². The van der Waals surface area contributed by atoms with Crippen molar-refractivity contribution in [3.63, 3.8) is 0 Å². The van der Waals surface area contributed by atoms with Crippen molar-refractivity contribution in [3.05, 3.63) is 0 Å². The summed E-state index contributed by atoms with van der Waals surface area (Å²) in [6.45, 7) is 3.97. The standard InChI is InChI=1S/C13H24F3NO/c1-3-17-12(11-7-5-4-6-8-11)9-18-10(2)13(14,15)16/h10-12,17H,3-9H2,1-2H3.